The van der Waals surface area contributed by atoms with Crippen molar-refractivity contribution in [3.05, 3.63) is 35.9 Å². The maximum Gasteiger partial charge on any atom is 0.247 e. The molecule has 1 aromatic rings. The molecule has 2 aliphatic rings. The van der Waals surface area contributed by atoms with Crippen LogP contribution >= 0.6 is 0 Å². The fourth-order valence-electron chi connectivity index (χ4n) is 3.75. The van der Waals surface area contributed by atoms with Gasteiger partial charge in [0, 0.05) is 25.0 Å². The van der Waals surface area contributed by atoms with Crippen LogP contribution in [-0.2, 0) is 9.59 Å². The van der Waals surface area contributed by atoms with Crippen LogP contribution < -0.4 is 10.6 Å². The smallest absolute Gasteiger partial charge is 0.247 e. The molecule has 24 heavy (non-hydrogen) atoms. The molecule has 2 aliphatic heterocycles. The van der Waals surface area contributed by atoms with Gasteiger partial charge in [0.15, 0.2) is 0 Å². The van der Waals surface area contributed by atoms with Crippen molar-refractivity contribution in [1.29, 1.82) is 0 Å². The predicted octanol–water partition coefficient (Wildman–Crippen LogP) is 2.00. The van der Waals surface area contributed by atoms with E-state index in [2.05, 4.69) is 17.6 Å². The van der Waals surface area contributed by atoms with Crippen LogP contribution in [0.5, 0.6) is 0 Å². The van der Waals surface area contributed by atoms with E-state index in [-0.39, 0.29) is 17.9 Å². The SMILES string of the molecule is CC1CC(NC(=O)C(c2ccccc2)N2CCCCC2=O)CCN1. The van der Waals surface area contributed by atoms with Crippen molar-refractivity contribution in [1.82, 2.24) is 15.5 Å². The monoisotopic (exact) mass is 329 g/mol. The number of hydrogen-bond donors (Lipinski definition) is 2. The van der Waals surface area contributed by atoms with Crippen LogP contribution in [0.4, 0.5) is 0 Å². The van der Waals surface area contributed by atoms with Crippen LogP contribution in [0.1, 0.15) is 50.6 Å². The molecule has 0 bridgehead atoms. The molecule has 2 fully saturated rings. The van der Waals surface area contributed by atoms with Crippen LogP contribution in [-0.4, -0.2) is 41.9 Å². The number of benzene rings is 1. The third-order valence-corrected chi connectivity index (χ3v) is 5.01. The fraction of sp³-hybridized carbons (Fsp3) is 0.579. The topological polar surface area (TPSA) is 61.4 Å². The number of nitrogens with zero attached hydrogens (tertiary/aromatic N) is 1. The van der Waals surface area contributed by atoms with Gasteiger partial charge < -0.3 is 15.5 Å². The summed E-state index contributed by atoms with van der Waals surface area (Å²) in [7, 11) is 0. The summed E-state index contributed by atoms with van der Waals surface area (Å²) in [5.41, 5.74) is 0.896. The second-order valence-electron chi connectivity index (χ2n) is 6.94. The zero-order valence-electron chi connectivity index (χ0n) is 14.3. The van der Waals surface area contributed by atoms with Crippen LogP contribution in [0.15, 0.2) is 30.3 Å². The van der Waals surface area contributed by atoms with Gasteiger partial charge in [-0.25, -0.2) is 0 Å². The molecule has 5 heteroatoms. The highest BCUT2D eigenvalue weighted by atomic mass is 16.2. The third-order valence-electron chi connectivity index (χ3n) is 5.01. The van der Waals surface area contributed by atoms with Gasteiger partial charge in [-0.1, -0.05) is 30.3 Å². The molecule has 5 nitrogen and oxygen atoms in total. The maximum absolute atomic E-state index is 13.0. The van der Waals surface area contributed by atoms with Gasteiger partial charge in [-0.15, -0.1) is 0 Å². The average Bonchev–Trinajstić information content (AvgIpc) is 2.58. The van der Waals surface area contributed by atoms with E-state index in [0.29, 0.717) is 19.0 Å². The van der Waals surface area contributed by atoms with Gasteiger partial charge in [0.25, 0.3) is 0 Å². The minimum absolute atomic E-state index is 0.0458. The number of likely N-dealkylation sites (tertiary alicyclic amines) is 1. The van der Waals surface area contributed by atoms with Crippen LogP contribution in [0, 0.1) is 0 Å². The summed E-state index contributed by atoms with van der Waals surface area (Å²) in [6, 6.07) is 9.76. The van der Waals surface area contributed by atoms with Gasteiger partial charge in [-0.05, 0) is 44.7 Å². The number of hydrogen-bond acceptors (Lipinski definition) is 3. The molecule has 0 aliphatic carbocycles. The first-order chi connectivity index (χ1) is 11.6. The standard InChI is InChI=1S/C19H27N3O2/c1-14-13-16(10-11-20-14)21-19(24)18(15-7-3-2-4-8-15)22-12-6-5-9-17(22)23/h2-4,7-8,14,16,18,20H,5-6,9-13H2,1H3,(H,21,24). The lowest BCUT2D eigenvalue weighted by Crippen LogP contribution is -2.51. The molecule has 0 spiro atoms. The average molecular weight is 329 g/mol. The van der Waals surface area contributed by atoms with E-state index < -0.39 is 6.04 Å². The second-order valence-corrected chi connectivity index (χ2v) is 6.94. The molecular formula is C19H27N3O2. The largest absolute Gasteiger partial charge is 0.351 e. The van der Waals surface area contributed by atoms with Crippen molar-refractivity contribution >= 4 is 11.8 Å². The molecule has 0 aromatic heterocycles. The number of rotatable bonds is 4. The lowest BCUT2D eigenvalue weighted by molar-refractivity contribution is -0.143. The molecule has 3 rings (SSSR count). The summed E-state index contributed by atoms with van der Waals surface area (Å²) in [6.07, 6.45) is 4.30. The normalized spacial score (nSPS) is 26.0. The Morgan fingerprint density at radius 1 is 1.29 bits per heavy atom. The summed E-state index contributed by atoms with van der Waals surface area (Å²) in [4.78, 5) is 27.2. The van der Waals surface area contributed by atoms with Gasteiger partial charge >= 0.3 is 0 Å². The Hall–Kier alpha value is -1.88. The van der Waals surface area contributed by atoms with Crippen molar-refractivity contribution in [2.24, 2.45) is 0 Å². The Labute approximate surface area is 143 Å². The molecule has 2 N–H and O–H groups in total. The summed E-state index contributed by atoms with van der Waals surface area (Å²) in [6.45, 7) is 3.72. The highest BCUT2D eigenvalue weighted by Gasteiger charge is 2.34. The molecule has 3 unspecified atom stereocenters. The van der Waals surface area contributed by atoms with Gasteiger partial charge in [0.1, 0.15) is 6.04 Å². The van der Waals surface area contributed by atoms with E-state index in [9.17, 15) is 9.59 Å². The van der Waals surface area contributed by atoms with Crippen molar-refractivity contribution in [2.45, 2.75) is 57.2 Å². The quantitative estimate of drug-likeness (QED) is 0.888. The molecule has 2 saturated heterocycles. The zero-order valence-corrected chi connectivity index (χ0v) is 14.3. The highest BCUT2D eigenvalue weighted by Crippen LogP contribution is 2.26. The van der Waals surface area contributed by atoms with Gasteiger partial charge in [-0.3, -0.25) is 9.59 Å². The molecule has 2 amide bonds. The first-order valence-electron chi connectivity index (χ1n) is 9.03. The van der Waals surface area contributed by atoms with E-state index in [4.69, 9.17) is 0 Å². The molecule has 130 valence electrons. The number of nitrogens with one attached hydrogen (secondary N) is 2. The Bertz CT molecular complexity index is 575. The maximum atomic E-state index is 13.0. The first kappa shape index (κ1) is 17.0. The van der Waals surface area contributed by atoms with E-state index in [1.54, 1.807) is 4.90 Å². The van der Waals surface area contributed by atoms with Gasteiger partial charge in [0.2, 0.25) is 11.8 Å². The van der Waals surface area contributed by atoms with E-state index in [1.165, 1.54) is 0 Å². The molecule has 1 aromatic carbocycles. The summed E-state index contributed by atoms with van der Waals surface area (Å²) in [5.74, 6) is 0.0412. The minimum atomic E-state index is -0.510. The highest BCUT2D eigenvalue weighted by molar-refractivity contribution is 5.89. The van der Waals surface area contributed by atoms with Crippen LogP contribution in [0.3, 0.4) is 0 Å². The Kier molecular flexibility index (Phi) is 5.51. The minimum Gasteiger partial charge on any atom is -0.351 e. The molecule has 2 heterocycles. The Morgan fingerprint density at radius 2 is 2.08 bits per heavy atom. The van der Waals surface area contributed by atoms with Crippen molar-refractivity contribution in [3.8, 4) is 0 Å². The van der Waals surface area contributed by atoms with Gasteiger partial charge in [0.05, 0.1) is 0 Å². The fourth-order valence-corrected chi connectivity index (χ4v) is 3.75. The predicted molar refractivity (Wildman–Crippen MR) is 93.4 cm³/mol. The third kappa shape index (κ3) is 3.96. The van der Waals surface area contributed by atoms with Crippen LogP contribution in [0.2, 0.25) is 0 Å². The molecule has 3 atom stereocenters. The lowest BCUT2D eigenvalue weighted by atomic mass is 9.97. The lowest BCUT2D eigenvalue weighted by Gasteiger charge is -2.36. The Balaban J connectivity index is 1.78. The van der Waals surface area contributed by atoms with Crippen LogP contribution in [0.25, 0.3) is 0 Å². The summed E-state index contributed by atoms with van der Waals surface area (Å²) < 4.78 is 0. The van der Waals surface area contributed by atoms with Crippen molar-refractivity contribution in [3.63, 3.8) is 0 Å². The molecular weight excluding hydrogens is 302 g/mol. The van der Waals surface area contributed by atoms with E-state index in [1.807, 2.05) is 30.3 Å². The van der Waals surface area contributed by atoms with Gasteiger partial charge in [-0.2, -0.15) is 0 Å². The van der Waals surface area contributed by atoms with E-state index >= 15 is 0 Å². The second kappa shape index (κ2) is 7.79. The molecule has 0 saturated carbocycles. The van der Waals surface area contributed by atoms with Crippen molar-refractivity contribution < 1.29 is 9.59 Å². The summed E-state index contributed by atoms with van der Waals surface area (Å²) >= 11 is 0. The van der Waals surface area contributed by atoms with Crippen molar-refractivity contribution in [2.75, 3.05) is 13.1 Å². The first-order valence-corrected chi connectivity index (χ1v) is 9.03. The zero-order chi connectivity index (χ0) is 16.9. The Morgan fingerprint density at radius 3 is 2.79 bits per heavy atom. The summed E-state index contributed by atoms with van der Waals surface area (Å²) in [5, 5.41) is 6.59. The number of amides is 2. The molecule has 0 radical (unpaired) electrons. The number of piperidine rings is 2. The number of carbonyl (C=O) groups excluding carboxylic acids is 2. The van der Waals surface area contributed by atoms with E-state index in [0.717, 1.165) is 37.8 Å². The number of carbonyl (C=O) groups is 2.